The van der Waals surface area contributed by atoms with E-state index in [-0.39, 0.29) is 24.1 Å². The predicted octanol–water partition coefficient (Wildman–Crippen LogP) is 5.45. The van der Waals surface area contributed by atoms with E-state index in [4.69, 9.17) is 38.7 Å². The van der Waals surface area contributed by atoms with Gasteiger partial charge >= 0.3 is 0 Å². The molecular formula is C37H36BrCl2N9O4. The van der Waals surface area contributed by atoms with Crippen molar-refractivity contribution in [3.63, 3.8) is 0 Å². The summed E-state index contributed by atoms with van der Waals surface area (Å²) in [5.41, 5.74) is 12.7. The number of amides is 3. The molecule has 6 aromatic rings. The number of carbonyl (C=O) groups is 3. The predicted molar refractivity (Wildman–Crippen MR) is 204 cm³/mol. The highest BCUT2D eigenvalue weighted by Crippen LogP contribution is 2.27. The number of benzene rings is 2. The van der Waals surface area contributed by atoms with Crippen molar-refractivity contribution in [1.29, 1.82) is 0 Å². The van der Waals surface area contributed by atoms with E-state index in [0.717, 1.165) is 58.4 Å². The Labute approximate surface area is 323 Å². The molecule has 13 nitrogen and oxygen atoms in total. The van der Waals surface area contributed by atoms with Gasteiger partial charge in [0.2, 0.25) is 5.91 Å². The van der Waals surface area contributed by atoms with E-state index in [2.05, 4.69) is 53.9 Å². The standard InChI is InChI=1S/C21H23BrN4O2.C16H13Cl2N5O2/c1-13-18(10-15-5-3-6-16(22)9-15)14(2)26-20(25-13)19(12-24-26)21(27)23-11-17-7-4-8-28-17;17-12-3-1-2-10(14(12)18)4-9-5-20-15-11(6-22-23(15)8-9)16(25)21-7-13(19)24/h3,5-6,9,12,17H,4,7-8,10-11H2,1-2H3,(H,23,27);1-3,5-6,8H,4,7H2,(H2,19,24)(H,21,25). The van der Waals surface area contributed by atoms with Crippen LogP contribution in [0, 0.1) is 13.8 Å². The molecule has 1 saturated heterocycles. The maximum absolute atomic E-state index is 12.6. The van der Waals surface area contributed by atoms with E-state index in [0.29, 0.717) is 39.9 Å². The molecule has 0 saturated carbocycles. The van der Waals surface area contributed by atoms with Gasteiger partial charge in [-0.3, -0.25) is 14.4 Å². The topological polar surface area (TPSA) is 171 Å². The third-order valence-corrected chi connectivity index (χ3v) is 10.1. The lowest BCUT2D eigenvalue weighted by Gasteiger charge is -2.13. The molecule has 53 heavy (non-hydrogen) atoms. The number of aromatic nitrogens is 6. The molecule has 1 aliphatic heterocycles. The SMILES string of the molecule is Cc1nc2c(C(=O)NCC3CCCO3)cnn2c(C)c1Cc1cccc(Br)c1.NC(=O)CNC(=O)c1cnn2cc(Cc3cccc(Cl)c3Cl)cnc12. The number of nitrogens with two attached hydrogens (primary N) is 1. The van der Waals surface area contributed by atoms with Crippen molar-refractivity contribution < 1.29 is 19.1 Å². The van der Waals surface area contributed by atoms with Crippen molar-refractivity contribution >= 4 is 68.1 Å². The summed E-state index contributed by atoms with van der Waals surface area (Å²) in [5.74, 6) is -1.25. The molecule has 2 aromatic carbocycles. The fourth-order valence-corrected chi connectivity index (χ4v) is 6.85. The van der Waals surface area contributed by atoms with E-state index >= 15 is 0 Å². The lowest BCUT2D eigenvalue weighted by Crippen LogP contribution is -2.33. The summed E-state index contributed by atoms with van der Waals surface area (Å²) < 4.78 is 9.89. The number of halogens is 3. The molecule has 0 bridgehead atoms. The van der Waals surface area contributed by atoms with Gasteiger partial charge in [-0.25, -0.2) is 19.0 Å². The van der Waals surface area contributed by atoms with Crippen LogP contribution in [-0.4, -0.2) is 72.7 Å². The first-order valence-corrected chi connectivity index (χ1v) is 18.3. The van der Waals surface area contributed by atoms with Gasteiger partial charge in [-0.1, -0.05) is 63.4 Å². The van der Waals surface area contributed by atoms with Gasteiger partial charge < -0.3 is 21.1 Å². The summed E-state index contributed by atoms with van der Waals surface area (Å²) in [6.07, 6.45) is 9.81. The second-order valence-electron chi connectivity index (χ2n) is 12.5. The molecule has 1 unspecified atom stereocenters. The number of aryl methyl sites for hydroxylation is 2. The average Bonchev–Trinajstić information content (AvgIpc) is 3.91. The molecule has 4 aromatic heterocycles. The minimum Gasteiger partial charge on any atom is -0.376 e. The van der Waals surface area contributed by atoms with Crippen LogP contribution >= 0.6 is 39.1 Å². The third kappa shape index (κ3) is 9.02. The molecule has 0 spiro atoms. The molecule has 0 radical (unpaired) electrons. The van der Waals surface area contributed by atoms with Crippen molar-refractivity contribution in [2.75, 3.05) is 19.7 Å². The normalized spacial score (nSPS) is 13.9. The zero-order valence-corrected chi connectivity index (χ0v) is 32.0. The number of nitrogens with one attached hydrogen (secondary N) is 2. The molecule has 1 fully saturated rings. The highest BCUT2D eigenvalue weighted by molar-refractivity contribution is 9.10. The lowest BCUT2D eigenvalue weighted by atomic mass is 10.0. The number of fused-ring (bicyclic) bond motifs is 2. The van der Waals surface area contributed by atoms with E-state index in [1.807, 2.05) is 38.1 Å². The Morgan fingerprint density at radius 3 is 2.47 bits per heavy atom. The molecule has 0 aliphatic carbocycles. The second-order valence-corrected chi connectivity index (χ2v) is 14.2. The largest absolute Gasteiger partial charge is 0.376 e. The zero-order valence-electron chi connectivity index (χ0n) is 28.9. The van der Waals surface area contributed by atoms with Crippen LogP contribution in [0.5, 0.6) is 0 Å². The van der Waals surface area contributed by atoms with E-state index < -0.39 is 11.8 Å². The quantitative estimate of drug-likeness (QED) is 0.164. The minimum atomic E-state index is -0.626. The first kappa shape index (κ1) is 37.9. The van der Waals surface area contributed by atoms with Crippen LogP contribution in [0.25, 0.3) is 11.3 Å². The Morgan fingerprint density at radius 2 is 1.72 bits per heavy atom. The summed E-state index contributed by atoms with van der Waals surface area (Å²) in [4.78, 5) is 44.4. The molecule has 274 valence electrons. The Kier molecular flexibility index (Phi) is 12.0. The van der Waals surface area contributed by atoms with Crippen molar-refractivity contribution in [3.8, 4) is 0 Å². The van der Waals surface area contributed by atoms with Gasteiger partial charge in [0.1, 0.15) is 11.1 Å². The van der Waals surface area contributed by atoms with Crippen molar-refractivity contribution in [2.45, 2.75) is 45.6 Å². The van der Waals surface area contributed by atoms with Gasteiger partial charge in [-0.2, -0.15) is 10.2 Å². The van der Waals surface area contributed by atoms with Gasteiger partial charge in [0, 0.05) is 54.2 Å². The van der Waals surface area contributed by atoms with Crippen LogP contribution in [0.3, 0.4) is 0 Å². The molecule has 1 atom stereocenters. The zero-order chi connectivity index (χ0) is 37.6. The summed E-state index contributed by atoms with van der Waals surface area (Å²) in [6.45, 7) is 5.06. The van der Waals surface area contributed by atoms with E-state index in [9.17, 15) is 14.4 Å². The van der Waals surface area contributed by atoms with Crippen LogP contribution in [0.15, 0.2) is 71.7 Å². The van der Waals surface area contributed by atoms with Gasteiger partial charge in [-0.15, -0.1) is 0 Å². The first-order chi connectivity index (χ1) is 25.5. The monoisotopic (exact) mass is 819 g/mol. The van der Waals surface area contributed by atoms with Crippen molar-refractivity contribution in [2.24, 2.45) is 5.73 Å². The lowest BCUT2D eigenvalue weighted by molar-refractivity contribution is -0.117. The van der Waals surface area contributed by atoms with Gasteiger partial charge in [-0.05, 0) is 67.1 Å². The first-order valence-electron chi connectivity index (χ1n) is 16.8. The summed E-state index contributed by atoms with van der Waals surface area (Å²) in [7, 11) is 0. The number of hydrogen-bond acceptors (Lipinski definition) is 8. The number of rotatable bonds is 10. The molecule has 5 heterocycles. The van der Waals surface area contributed by atoms with Crippen LogP contribution in [0.1, 0.15) is 67.2 Å². The molecule has 7 rings (SSSR count). The molecule has 4 N–H and O–H groups in total. The van der Waals surface area contributed by atoms with E-state index in [1.54, 1.807) is 29.2 Å². The smallest absolute Gasteiger partial charge is 0.257 e. The average molecular weight is 822 g/mol. The molecular weight excluding hydrogens is 785 g/mol. The minimum absolute atomic E-state index is 0.110. The van der Waals surface area contributed by atoms with Crippen molar-refractivity contribution in [3.05, 3.63) is 127 Å². The number of hydrogen-bond donors (Lipinski definition) is 3. The van der Waals surface area contributed by atoms with Crippen molar-refractivity contribution in [1.82, 2.24) is 39.8 Å². The fraction of sp³-hybridized carbons (Fsp3) is 0.270. The summed E-state index contributed by atoms with van der Waals surface area (Å²) in [5, 5.41) is 14.9. The second kappa shape index (κ2) is 16.8. The van der Waals surface area contributed by atoms with Crippen LogP contribution in [-0.2, 0) is 22.4 Å². The Bertz CT molecular complexity index is 2320. The fourth-order valence-electron chi connectivity index (χ4n) is 6.02. The highest BCUT2D eigenvalue weighted by Gasteiger charge is 2.21. The number of ether oxygens (including phenoxy) is 1. The van der Waals surface area contributed by atoms with Crippen LogP contribution in [0.2, 0.25) is 10.0 Å². The van der Waals surface area contributed by atoms with Crippen LogP contribution < -0.4 is 16.4 Å². The highest BCUT2D eigenvalue weighted by atomic mass is 79.9. The maximum atomic E-state index is 12.6. The van der Waals surface area contributed by atoms with Gasteiger partial charge in [0.25, 0.3) is 11.8 Å². The Balaban J connectivity index is 0.000000183. The number of carbonyl (C=O) groups excluding carboxylic acids is 3. The van der Waals surface area contributed by atoms with Gasteiger partial charge in [0.05, 0.1) is 35.1 Å². The molecule has 16 heteroatoms. The summed E-state index contributed by atoms with van der Waals surface area (Å²) >= 11 is 15.7. The van der Waals surface area contributed by atoms with Crippen LogP contribution in [0.4, 0.5) is 0 Å². The Morgan fingerprint density at radius 1 is 0.962 bits per heavy atom. The third-order valence-electron chi connectivity index (χ3n) is 8.74. The Hall–Kier alpha value is -4.89. The van der Waals surface area contributed by atoms with E-state index in [1.165, 1.54) is 16.3 Å². The number of primary amides is 1. The molecule has 1 aliphatic rings. The maximum Gasteiger partial charge on any atom is 0.257 e. The number of nitrogens with zero attached hydrogens (tertiary/aromatic N) is 6. The van der Waals surface area contributed by atoms with Gasteiger partial charge in [0.15, 0.2) is 11.3 Å². The summed E-state index contributed by atoms with van der Waals surface area (Å²) in [6, 6.07) is 13.7. The molecule has 3 amide bonds.